The zero-order valence-electron chi connectivity index (χ0n) is 16.4. The molecule has 26 heavy (non-hydrogen) atoms. The highest BCUT2D eigenvalue weighted by Gasteiger charge is 2.07. The van der Waals surface area contributed by atoms with E-state index in [-0.39, 0.29) is 29.9 Å². The van der Waals surface area contributed by atoms with E-state index in [1.165, 1.54) is 0 Å². The molecule has 1 aromatic rings. The van der Waals surface area contributed by atoms with E-state index in [0.717, 1.165) is 44.1 Å². The lowest BCUT2D eigenvalue weighted by molar-refractivity contribution is 0.0827. The summed E-state index contributed by atoms with van der Waals surface area (Å²) in [5.74, 6) is 0.781. The highest BCUT2D eigenvalue weighted by Crippen LogP contribution is 2.07. The van der Waals surface area contributed by atoms with E-state index in [2.05, 4.69) is 22.5 Å². The molecule has 0 saturated heterocycles. The molecule has 2 N–H and O–H groups in total. The third kappa shape index (κ3) is 9.96. The van der Waals surface area contributed by atoms with Crippen LogP contribution in [-0.4, -0.2) is 57.2 Å². The van der Waals surface area contributed by atoms with Crippen LogP contribution in [0, 0.1) is 0 Å². The number of nitrogens with zero attached hydrogens (tertiary/aromatic N) is 2. The van der Waals surface area contributed by atoms with Gasteiger partial charge in [-0.15, -0.1) is 24.0 Å². The van der Waals surface area contributed by atoms with Gasteiger partial charge in [0.1, 0.15) is 0 Å². The van der Waals surface area contributed by atoms with Gasteiger partial charge in [0.05, 0.1) is 13.2 Å². The normalized spacial score (nSPS) is 10.8. The number of hydrogen-bond acceptors (Lipinski definition) is 3. The van der Waals surface area contributed by atoms with Gasteiger partial charge in [-0.25, -0.2) is 4.99 Å². The predicted molar refractivity (Wildman–Crippen MR) is 118 cm³/mol. The second-order valence-electron chi connectivity index (χ2n) is 5.98. The maximum Gasteiger partial charge on any atom is 0.253 e. The van der Waals surface area contributed by atoms with Crippen molar-refractivity contribution in [1.82, 2.24) is 15.5 Å². The lowest BCUT2D eigenvalue weighted by Gasteiger charge is -2.12. The molecule has 0 aliphatic heterocycles. The minimum atomic E-state index is 0. The van der Waals surface area contributed by atoms with Crippen molar-refractivity contribution in [2.45, 2.75) is 33.2 Å². The standard InChI is InChI=1S/C19H32N4O2.HI/c1-5-7-13-25-14-12-21-19(20-6-2)22-15-16-8-10-17(11-9-16)18(24)23(3)4;/h8-11H,5-7,12-15H2,1-4H3,(H2,20,21,22);1H. The maximum absolute atomic E-state index is 11.9. The summed E-state index contributed by atoms with van der Waals surface area (Å²) in [6, 6.07) is 7.57. The van der Waals surface area contributed by atoms with Crippen molar-refractivity contribution in [3.63, 3.8) is 0 Å². The van der Waals surface area contributed by atoms with E-state index < -0.39 is 0 Å². The summed E-state index contributed by atoms with van der Waals surface area (Å²) in [6.45, 7) is 7.76. The molecule has 0 spiro atoms. The third-order valence-corrected chi connectivity index (χ3v) is 3.55. The van der Waals surface area contributed by atoms with Gasteiger partial charge in [0.2, 0.25) is 0 Å². The zero-order valence-corrected chi connectivity index (χ0v) is 18.7. The molecule has 148 valence electrons. The molecule has 0 radical (unpaired) electrons. The Balaban J connectivity index is 0.00000625. The van der Waals surface area contributed by atoms with Crippen molar-refractivity contribution < 1.29 is 9.53 Å². The monoisotopic (exact) mass is 476 g/mol. The van der Waals surface area contributed by atoms with Crippen LogP contribution < -0.4 is 10.6 Å². The highest BCUT2D eigenvalue weighted by molar-refractivity contribution is 14.0. The molecule has 0 saturated carbocycles. The molecule has 1 aromatic carbocycles. The third-order valence-electron chi connectivity index (χ3n) is 3.55. The van der Waals surface area contributed by atoms with Crippen LogP contribution in [0.1, 0.15) is 42.6 Å². The molecule has 0 fully saturated rings. The molecule has 0 bridgehead atoms. The van der Waals surface area contributed by atoms with E-state index in [1.54, 1.807) is 19.0 Å². The average Bonchev–Trinajstić information content (AvgIpc) is 2.62. The minimum Gasteiger partial charge on any atom is -0.380 e. The molecule has 6 nitrogen and oxygen atoms in total. The number of benzene rings is 1. The molecular formula is C19H33IN4O2. The Bertz CT molecular complexity index is 533. The van der Waals surface area contributed by atoms with Crippen molar-refractivity contribution in [3.05, 3.63) is 35.4 Å². The summed E-state index contributed by atoms with van der Waals surface area (Å²) in [6.07, 6.45) is 2.25. The Morgan fingerprint density at radius 3 is 2.38 bits per heavy atom. The summed E-state index contributed by atoms with van der Waals surface area (Å²) < 4.78 is 5.54. The van der Waals surface area contributed by atoms with Crippen molar-refractivity contribution in [2.24, 2.45) is 4.99 Å². The quantitative estimate of drug-likeness (QED) is 0.236. The van der Waals surface area contributed by atoms with Crippen molar-refractivity contribution >= 4 is 35.8 Å². The van der Waals surface area contributed by atoms with Crippen molar-refractivity contribution in [3.8, 4) is 0 Å². The van der Waals surface area contributed by atoms with Crippen LogP contribution in [-0.2, 0) is 11.3 Å². The number of rotatable bonds is 10. The van der Waals surface area contributed by atoms with Gasteiger partial charge in [0.15, 0.2) is 5.96 Å². The zero-order chi connectivity index (χ0) is 18.5. The summed E-state index contributed by atoms with van der Waals surface area (Å²) >= 11 is 0. The van der Waals surface area contributed by atoms with E-state index in [0.29, 0.717) is 18.7 Å². The number of hydrogen-bond donors (Lipinski definition) is 2. The van der Waals surface area contributed by atoms with E-state index in [1.807, 2.05) is 31.2 Å². The average molecular weight is 476 g/mol. The second-order valence-corrected chi connectivity index (χ2v) is 5.98. The minimum absolute atomic E-state index is 0. The Morgan fingerprint density at radius 1 is 1.12 bits per heavy atom. The number of halogens is 1. The van der Waals surface area contributed by atoms with Gasteiger partial charge in [-0.1, -0.05) is 25.5 Å². The number of ether oxygens (including phenoxy) is 1. The molecule has 1 amide bonds. The van der Waals surface area contributed by atoms with Gasteiger partial charge in [-0.3, -0.25) is 4.79 Å². The topological polar surface area (TPSA) is 66.0 Å². The molecule has 7 heteroatoms. The second kappa shape index (κ2) is 14.8. The molecule has 0 heterocycles. The maximum atomic E-state index is 11.9. The molecule has 0 aliphatic carbocycles. The Kier molecular flexibility index (Phi) is 14.0. The number of amides is 1. The van der Waals surface area contributed by atoms with Gasteiger partial charge in [0, 0.05) is 39.4 Å². The van der Waals surface area contributed by atoms with Crippen LogP contribution in [0.25, 0.3) is 0 Å². The van der Waals surface area contributed by atoms with Gasteiger partial charge in [-0.05, 0) is 31.0 Å². The number of nitrogens with one attached hydrogen (secondary N) is 2. The number of guanidine groups is 1. The van der Waals surface area contributed by atoms with Crippen LogP contribution in [0.15, 0.2) is 29.3 Å². The summed E-state index contributed by atoms with van der Waals surface area (Å²) in [7, 11) is 3.50. The first-order valence-corrected chi connectivity index (χ1v) is 8.99. The number of carbonyl (C=O) groups excluding carboxylic acids is 1. The van der Waals surface area contributed by atoms with E-state index >= 15 is 0 Å². The van der Waals surface area contributed by atoms with Crippen LogP contribution in [0.4, 0.5) is 0 Å². The largest absolute Gasteiger partial charge is 0.380 e. The van der Waals surface area contributed by atoms with Crippen LogP contribution in [0.2, 0.25) is 0 Å². The molecular weight excluding hydrogens is 443 g/mol. The molecule has 0 aliphatic rings. The van der Waals surface area contributed by atoms with Gasteiger partial charge < -0.3 is 20.3 Å². The summed E-state index contributed by atoms with van der Waals surface area (Å²) in [5.41, 5.74) is 1.75. The SMILES string of the molecule is CCCCOCCNC(=NCc1ccc(C(=O)N(C)C)cc1)NCC.I. The van der Waals surface area contributed by atoms with Gasteiger partial charge >= 0.3 is 0 Å². The fourth-order valence-corrected chi connectivity index (χ4v) is 2.11. The van der Waals surface area contributed by atoms with Gasteiger partial charge in [-0.2, -0.15) is 0 Å². The Hall–Kier alpha value is -1.35. The first-order chi connectivity index (χ1) is 12.1. The van der Waals surface area contributed by atoms with Crippen molar-refractivity contribution in [2.75, 3.05) is 40.4 Å². The first-order valence-electron chi connectivity index (χ1n) is 8.99. The van der Waals surface area contributed by atoms with Crippen molar-refractivity contribution in [1.29, 1.82) is 0 Å². The summed E-state index contributed by atoms with van der Waals surface area (Å²) in [5, 5.41) is 6.49. The number of aliphatic imine (C=N–C) groups is 1. The highest BCUT2D eigenvalue weighted by atomic mass is 127. The smallest absolute Gasteiger partial charge is 0.253 e. The van der Waals surface area contributed by atoms with Gasteiger partial charge in [0.25, 0.3) is 5.91 Å². The van der Waals surface area contributed by atoms with Crippen LogP contribution in [0.3, 0.4) is 0 Å². The van der Waals surface area contributed by atoms with E-state index in [4.69, 9.17) is 4.74 Å². The molecule has 0 aromatic heterocycles. The fourth-order valence-electron chi connectivity index (χ4n) is 2.11. The lowest BCUT2D eigenvalue weighted by atomic mass is 10.1. The Morgan fingerprint density at radius 2 is 1.81 bits per heavy atom. The van der Waals surface area contributed by atoms with Crippen LogP contribution >= 0.6 is 24.0 Å². The fraction of sp³-hybridized carbons (Fsp3) is 0.579. The molecule has 0 atom stereocenters. The number of unbranched alkanes of at least 4 members (excludes halogenated alkanes) is 1. The van der Waals surface area contributed by atoms with Crippen LogP contribution in [0.5, 0.6) is 0 Å². The Labute approximate surface area is 174 Å². The van der Waals surface area contributed by atoms with E-state index in [9.17, 15) is 4.79 Å². The summed E-state index contributed by atoms with van der Waals surface area (Å²) in [4.78, 5) is 18.0. The number of carbonyl (C=O) groups is 1. The lowest BCUT2D eigenvalue weighted by Crippen LogP contribution is -2.39. The molecule has 0 unspecified atom stereocenters. The molecule has 1 rings (SSSR count). The first kappa shape index (κ1) is 24.7. The predicted octanol–water partition coefficient (Wildman–Crippen LogP) is 2.88.